The summed E-state index contributed by atoms with van der Waals surface area (Å²) < 4.78 is 4.43. The van der Waals surface area contributed by atoms with Crippen molar-refractivity contribution in [2.75, 3.05) is 7.11 Å². The number of rotatable bonds is 2. The number of carbonyl (C=O) groups is 1. The Labute approximate surface area is 106 Å². The van der Waals surface area contributed by atoms with Gasteiger partial charge in [-0.1, -0.05) is 34.8 Å². The third-order valence-electron chi connectivity index (χ3n) is 1.91. The highest BCUT2D eigenvalue weighted by Crippen LogP contribution is 2.46. The van der Waals surface area contributed by atoms with Gasteiger partial charge in [-0.15, -0.1) is 0 Å². The Kier molecular flexibility index (Phi) is 4.13. The zero-order valence-corrected chi connectivity index (χ0v) is 10.3. The van der Waals surface area contributed by atoms with Crippen molar-refractivity contribution >= 4 is 40.8 Å². The molecular weight excluding hydrogens is 278 g/mol. The highest BCUT2D eigenvalue weighted by Gasteiger charge is 2.22. The van der Waals surface area contributed by atoms with E-state index < -0.39 is 17.5 Å². The number of carbonyl (C=O) groups excluding carboxylic acids is 1. The summed E-state index contributed by atoms with van der Waals surface area (Å²) in [6.07, 6.45) is -0.248. The molecule has 1 rings (SSSR count). The van der Waals surface area contributed by atoms with Gasteiger partial charge in [0.1, 0.15) is 5.02 Å². The van der Waals surface area contributed by atoms with E-state index in [2.05, 4.69) is 4.74 Å². The maximum atomic E-state index is 11.1. The largest absolute Gasteiger partial charge is 0.503 e. The third kappa shape index (κ3) is 2.29. The van der Waals surface area contributed by atoms with Gasteiger partial charge in [-0.2, -0.15) is 0 Å². The predicted molar refractivity (Wildman–Crippen MR) is 60.5 cm³/mol. The molecule has 16 heavy (non-hydrogen) atoms. The van der Waals surface area contributed by atoms with Gasteiger partial charge in [-0.05, 0) is 0 Å². The summed E-state index contributed by atoms with van der Waals surface area (Å²) in [5.41, 5.74) is 0.107. The Morgan fingerprint density at radius 1 is 1.12 bits per heavy atom. The second-order valence-electron chi connectivity index (χ2n) is 2.87. The highest BCUT2D eigenvalue weighted by atomic mass is 35.5. The van der Waals surface area contributed by atoms with Crippen LogP contribution in [0.3, 0.4) is 0 Å². The molecule has 1 aromatic carbocycles. The molecule has 0 unspecified atom stereocenters. The molecule has 0 radical (unpaired) electrons. The maximum absolute atomic E-state index is 11.1. The fourth-order valence-electron chi connectivity index (χ4n) is 1.06. The van der Waals surface area contributed by atoms with Crippen molar-refractivity contribution in [3.05, 3.63) is 20.6 Å². The molecule has 0 spiro atoms. The molecule has 0 saturated heterocycles. The zero-order valence-electron chi connectivity index (χ0n) is 8.05. The van der Waals surface area contributed by atoms with Crippen molar-refractivity contribution in [3.63, 3.8) is 0 Å². The van der Waals surface area contributed by atoms with Crippen LogP contribution >= 0.6 is 34.8 Å². The molecule has 7 heteroatoms. The van der Waals surface area contributed by atoms with Gasteiger partial charge in [0.25, 0.3) is 0 Å². The second kappa shape index (κ2) is 4.99. The Bertz CT molecular complexity index is 416. The molecule has 0 aliphatic rings. The van der Waals surface area contributed by atoms with Crippen molar-refractivity contribution in [1.29, 1.82) is 0 Å². The van der Waals surface area contributed by atoms with Gasteiger partial charge < -0.3 is 14.9 Å². The number of phenols is 2. The minimum absolute atomic E-state index is 0.0904. The van der Waals surface area contributed by atoms with Crippen molar-refractivity contribution in [2.45, 2.75) is 6.42 Å². The third-order valence-corrected chi connectivity index (χ3v) is 3.20. The number of phenolic OH excluding ortho intramolecular Hbond substituents is 2. The van der Waals surface area contributed by atoms with Crippen LogP contribution in [0.4, 0.5) is 0 Å². The molecule has 0 atom stereocenters. The predicted octanol–water partition coefficient (Wildman–Crippen LogP) is 2.77. The van der Waals surface area contributed by atoms with Crippen LogP contribution in [0.2, 0.25) is 15.1 Å². The molecule has 1 aromatic rings. The summed E-state index contributed by atoms with van der Waals surface area (Å²) in [4.78, 5) is 11.1. The number of benzene rings is 1. The first-order valence-electron chi connectivity index (χ1n) is 4.04. The number of hydrogen-bond acceptors (Lipinski definition) is 4. The van der Waals surface area contributed by atoms with Crippen molar-refractivity contribution < 1.29 is 19.7 Å². The van der Waals surface area contributed by atoms with Gasteiger partial charge in [0.2, 0.25) is 0 Å². The lowest BCUT2D eigenvalue weighted by Gasteiger charge is -2.11. The van der Waals surface area contributed by atoms with Crippen LogP contribution in [0.15, 0.2) is 0 Å². The lowest BCUT2D eigenvalue weighted by atomic mass is 10.1. The van der Waals surface area contributed by atoms with Gasteiger partial charge >= 0.3 is 5.97 Å². The zero-order chi connectivity index (χ0) is 12.5. The molecular formula is C9H7Cl3O4. The molecule has 0 aromatic heterocycles. The molecule has 4 nitrogen and oxygen atoms in total. The average molecular weight is 286 g/mol. The summed E-state index contributed by atoms with van der Waals surface area (Å²) >= 11 is 17.1. The standard InChI is InChI=1S/C9H7Cl3O4/c1-16-4(13)2-3-5(10)7(12)9(15)8(14)6(3)11/h14-15H,2H2,1H3. The van der Waals surface area contributed by atoms with Gasteiger partial charge in [0.15, 0.2) is 11.5 Å². The Balaban J connectivity index is 3.34. The number of methoxy groups -OCH3 is 1. The minimum atomic E-state index is -0.620. The van der Waals surface area contributed by atoms with E-state index in [0.29, 0.717) is 0 Å². The summed E-state index contributed by atoms with van der Waals surface area (Å²) in [7, 11) is 1.20. The maximum Gasteiger partial charge on any atom is 0.310 e. The lowest BCUT2D eigenvalue weighted by molar-refractivity contribution is -0.139. The molecule has 0 aliphatic heterocycles. The molecule has 0 amide bonds. The van der Waals surface area contributed by atoms with Crippen LogP contribution in [0.25, 0.3) is 0 Å². The van der Waals surface area contributed by atoms with Crippen LogP contribution in [0, 0.1) is 0 Å². The molecule has 0 aliphatic carbocycles. The fraction of sp³-hybridized carbons (Fsp3) is 0.222. The SMILES string of the molecule is COC(=O)Cc1c(Cl)c(O)c(O)c(Cl)c1Cl. The van der Waals surface area contributed by atoms with Gasteiger partial charge in [-0.25, -0.2) is 0 Å². The number of esters is 1. The average Bonchev–Trinajstić information content (AvgIpc) is 2.29. The first-order chi connectivity index (χ1) is 7.40. The van der Waals surface area contributed by atoms with Gasteiger partial charge in [-0.3, -0.25) is 4.79 Å². The Morgan fingerprint density at radius 3 is 2.12 bits per heavy atom. The summed E-state index contributed by atoms with van der Waals surface area (Å²) in [5.74, 6) is -1.83. The fourth-order valence-corrected chi connectivity index (χ4v) is 1.81. The van der Waals surface area contributed by atoms with Gasteiger partial charge in [0, 0.05) is 5.56 Å². The van der Waals surface area contributed by atoms with E-state index in [-0.39, 0.29) is 27.1 Å². The summed E-state index contributed by atoms with van der Waals surface area (Å²) in [6.45, 7) is 0. The molecule has 2 N–H and O–H groups in total. The topological polar surface area (TPSA) is 66.8 Å². The van der Waals surface area contributed by atoms with Crippen LogP contribution in [-0.4, -0.2) is 23.3 Å². The molecule has 88 valence electrons. The molecule has 0 fully saturated rings. The number of aromatic hydroxyl groups is 2. The van der Waals surface area contributed by atoms with Crippen molar-refractivity contribution in [3.8, 4) is 11.5 Å². The van der Waals surface area contributed by atoms with E-state index in [0.717, 1.165) is 0 Å². The van der Waals surface area contributed by atoms with Crippen molar-refractivity contribution in [2.24, 2.45) is 0 Å². The number of ether oxygens (including phenoxy) is 1. The number of halogens is 3. The van der Waals surface area contributed by atoms with Crippen LogP contribution in [0.1, 0.15) is 5.56 Å². The summed E-state index contributed by atoms with van der Waals surface area (Å²) in [5, 5.41) is 18.1. The van der Waals surface area contributed by atoms with E-state index in [4.69, 9.17) is 34.8 Å². The van der Waals surface area contributed by atoms with E-state index in [1.165, 1.54) is 7.11 Å². The quantitative estimate of drug-likeness (QED) is 0.498. The highest BCUT2D eigenvalue weighted by molar-refractivity contribution is 6.45. The Morgan fingerprint density at radius 2 is 1.62 bits per heavy atom. The molecule has 0 bridgehead atoms. The Hall–Kier alpha value is -0.840. The minimum Gasteiger partial charge on any atom is -0.503 e. The van der Waals surface area contributed by atoms with E-state index in [1.54, 1.807) is 0 Å². The summed E-state index contributed by atoms with van der Waals surface area (Å²) in [6, 6.07) is 0. The molecule has 0 saturated carbocycles. The monoisotopic (exact) mass is 284 g/mol. The number of hydrogen-bond donors (Lipinski definition) is 2. The smallest absolute Gasteiger partial charge is 0.310 e. The van der Waals surface area contributed by atoms with Crippen LogP contribution < -0.4 is 0 Å². The lowest BCUT2D eigenvalue weighted by Crippen LogP contribution is -2.05. The first kappa shape index (κ1) is 13.2. The van der Waals surface area contributed by atoms with Crippen LogP contribution in [-0.2, 0) is 16.0 Å². The molecule has 0 heterocycles. The van der Waals surface area contributed by atoms with E-state index in [9.17, 15) is 15.0 Å². The van der Waals surface area contributed by atoms with Gasteiger partial charge in [0.05, 0.1) is 23.6 Å². The van der Waals surface area contributed by atoms with Crippen LogP contribution in [0.5, 0.6) is 11.5 Å². The second-order valence-corrected chi connectivity index (χ2v) is 4.00. The van der Waals surface area contributed by atoms with Crippen molar-refractivity contribution in [1.82, 2.24) is 0 Å². The van der Waals surface area contributed by atoms with E-state index >= 15 is 0 Å². The normalized spacial score (nSPS) is 10.2. The van der Waals surface area contributed by atoms with E-state index in [1.807, 2.05) is 0 Å². The first-order valence-corrected chi connectivity index (χ1v) is 5.17.